The van der Waals surface area contributed by atoms with Crippen molar-refractivity contribution in [1.29, 1.82) is 0 Å². The number of phenols is 2. The molecule has 0 aromatic heterocycles. The average Bonchev–Trinajstić information content (AvgIpc) is 2.37. The predicted molar refractivity (Wildman–Crippen MR) is 84.3 cm³/mol. The molecule has 2 aromatic carbocycles. The fourth-order valence-electron chi connectivity index (χ4n) is 2.59. The van der Waals surface area contributed by atoms with Crippen LogP contribution in [-0.4, -0.2) is 36.2 Å². The molecule has 0 fully saturated rings. The van der Waals surface area contributed by atoms with Crippen LogP contribution in [0.15, 0.2) is 34.1 Å². The summed E-state index contributed by atoms with van der Waals surface area (Å²) in [5.74, 6) is -1.32. The molecule has 10 heteroatoms. The molecule has 24 heavy (non-hydrogen) atoms. The Hall–Kier alpha value is -2.14. The number of rotatable bonds is 3. The van der Waals surface area contributed by atoms with Gasteiger partial charge in [-0.2, -0.15) is 16.8 Å². The Labute approximate surface area is 138 Å². The van der Waals surface area contributed by atoms with Crippen LogP contribution in [0.25, 0.3) is 11.1 Å². The largest absolute Gasteiger partial charge is 0.506 e. The molecule has 8 nitrogen and oxygen atoms in total. The highest BCUT2D eigenvalue weighted by Gasteiger charge is 2.25. The number of aromatic hydroxyl groups is 2. The van der Waals surface area contributed by atoms with Crippen LogP contribution in [0.5, 0.6) is 11.5 Å². The van der Waals surface area contributed by atoms with Crippen molar-refractivity contribution in [1.82, 2.24) is 0 Å². The first-order chi connectivity index (χ1) is 10.9. The van der Waals surface area contributed by atoms with E-state index in [9.17, 15) is 36.2 Å². The van der Waals surface area contributed by atoms with E-state index in [1.54, 1.807) is 0 Å². The molecule has 0 unspecified atom stereocenters. The van der Waals surface area contributed by atoms with Gasteiger partial charge in [0.2, 0.25) is 0 Å². The Balaban J connectivity index is 2.90. The van der Waals surface area contributed by atoms with Crippen molar-refractivity contribution in [2.24, 2.45) is 0 Å². The van der Waals surface area contributed by atoms with Gasteiger partial charge in [-0.25, -0.2) is 0 Å². The maximum Gasteiger partial charge on any atom is 0.298 e. The van der Waals surface area contributed by atoms with Gasteiger partial charge in [0.1, 0.15) is 21.3 Å². The minimum absolute atomic E-state index is 0.0208. The SMILES string of the molecule is Cc1c(-c2ccc(O)c(S(=O)(=O)O)c2C)ccc(O)c1S(=O)(=O)O. The third-order valence-electron chi connectivity index (χ3n) is 3.58. The molecule has 0 aliphatic rings. The molecule has 0 radical (unpaired) electrons. The fraction of sp³-hybridized carbons (Fsp3) is 0.143. The average molecular weight is 374 g/mol. The number of phenolic OH excluding ortho intramolecular Hbond substituents is 2. The Morgan fingerprint density at radius 1 is 0.667 bits per heavy atom. The van der Waals surface area contributed by atoms with E-state index >= 15 is 0 Å². The lowest BCUT2D eigenvalue weighted by Crippen LogP contribution is -2.05. The molecule has 0 spiro atoms. The summed E-state index contributed by atoms with van der Waals surface area (Å²) in [6.07, 6.45) is 0. The molecule has 0 heterocycles. The van der Waals surface area contributed by atoms with E-state index in [4.69, 9.17) is 0 Å². The summed E-state index contributed by atoms with van der Waals surface area (Å²) >= 11 is 0. The Morgan fingerprint density at radius 3 is 1.21 bits per heavy atom. The lowest BCUT2D eigenvalue weighted by atomic mass is 9.96. The van der Waals surface area contributed by atoms with Crippen LogP contribution >= 0.6 is 0 Å². The van der Waals surface area contributed by atoms with Crippen molar-refractivity contribution in [2.75, 3.05) is 0 Å². The van der Waals surface area contributed by atoms with Crippen LogP contribution in [0.3, 0.4) is 0 Å². The second-order valence-corrected chi connectivity index (χ2v) is 7.84. The van der Waals surface area contributed by atoms with Gasteiger partial charge in [0, 0.05) is 0 Å². The zero-order valence-corrected chi connectivity index (χ0v) is 14.2. The molecule has 0 saturated heterocycles. The summed E-state index contributed by atoms with van der Waals surface area (Å²) in [5, 5.41) is 19.4. The molecule has 0 amide bonds. The van der Waals surface area contributed by atoms with Gasteiger partial charge in [0.05, 0.1) is 0 Å². The Morgan fingerprint density at radius 2 is 0.958 bits per heavy atom. The van der Waals surface area contributed by atoms with Crippen LogP contribution in [0.4, 0.5) is 0 Å². The minimum atomic E-state index is -4.72. The zero-order chi connectivity index (χ0) is 18.4. The summed E-state index contributed by atoms with van der Waals surface area (Å²) in [5.41, 5.74) is 0.353. The summed E-state index contributed by atoms with van der Waals surface area (Å²) in [6.45, 7) is 2.63. The van der Waals surface area contributed by atoms with Gasteiger partial charge in [-0.3, -0.25) is 9.11 Å². The van der Waals surface area contributed by atoms with Gasteiger partial charge >= 0.3 is 0 Å². The van der Waals surface area contributed by atoms with Crippen LogP contribution in [0.2, 0.25) is 0 Å². The topological polar surface area (TPSA) is 149 Å². The van der Waals surface area contributed by atoms with E-state index in [0.717, 1.165) is 12.1 Å². The van der Waals surface area contributed by atoms with Gasteiger partial charge in [-0.15, -0.1) is 0 Å². The normalized spacial score (nSPS) is 12.3. The highest BCUT2D eigenvalue weighted by molar-refractivity contribution is 7.86. The summed E-state index contributed by atoms with van der Waals surface area (Å²) in [4.78, 5) is -1.42. The Kier molecular flexibility index (Phi) is 4.35. The second kappa shape index (κ2) is 5.74. The van der Waals surface area contributed by atoms with Gasteiger partial charge in [0.15, 0.2) is 0 Å². The number of benzene rings is 2. The van der Waals surface area contributed by atoms with E-state index in [-0.39, 0.29) is 22.3 Å². The second-order valence-electron chi connectivity index (χ2n) is 5.12. The predicted octanol–water partition coefficient (Wildman–Crippen LogP) is 1.88. The zero-order valence-electron chi connectivity index (χ0n) is 12.5. The molecular formula is C14H14O8S2. The quantitative estimate of drug-likeness (QED) is 0.595. The monoisotopic (exact) mass is 374 g/mol. The van der Waals surface area contributed by atoms with Crippen molar-refractivity contribution in [3.63, 3.8) is 0 Å². The maximum atomic E-state index is 11.4. The summed E-state index contributed by atoms with van der Waals surface area (Å²) in [6, 6.07) is 4.72. The van der Waals surface area contributed by atoms with Crippen molar-refractivity contribution >= 4 is 20.2 Å². The molecule has 0 bridgehead atoms. The molecule has 2 rings (SSSR count). The molecule has 0 aliphatic heterocycles. The maximum absolute atomic E-state index is 11.4. The standard InChI is InChI=1S/C14H14O8S2/c1-7-9(3-5-11(15)13(7)23(17,18)19)10-4-6-12(16)14(8(10)2)24(20,21)22/h3-6,15-16H,1-2H3,(H,17,18,19)(H,20,21,22). The smallest absolute Gasteiger partial charge is 0.298 e. The molecule has 0 saturated carbocycles. The van der Waals surface area contributed by atoms with Gasteiger partial charge < -0.3 is 10.2 Å². The molecule has 0 aliphatic carbocycles. The van der Waals surface area contributed by atoms with Crippen molar-refractivity contribution < 1.29 is 36.2 Å². The Bertz CT molecular complexity index is 951. The highest BCUT2D eigenvalue weighted by Crippen LogP contribution is 2.39. The third-order valence-corrected chi connectivity index (χ3v) is 5.64. The molecule has 0 atom stereocenters. The van der Waals surface area contributed by atoms with E-state index in [0.29, 0.717) is 0 Å². The first-order valence-electron chi connectivity index (χ1n) is 6.46. The van der Waals surface area contributed by atoms with Gasteiger partial charge in [-0.1, -0.05) is 12.1 Å². The van der Waals surface area contributed by atoms with Crippen LogP contribution in [0.1, 0.15) is 11.1 Å². The van der Waals surface area contributed by atoms with Gasteiger partial charge in [0.25, 0.3) is 20.2 Å². The molecule has 2 aromatic rings. The van der Waals surface area contributed by atoms with Crippen molar-refractivity contribution in [2.45, 2.75) is 23.6 Å². The van der Waals surface area contributed by atoms with Crippen molar-refractivity contribution in [3.8, 4) is 22.6 Å². The third kappa shape index (κ3) is 3.08. The van der Waals surface area contributed by atoms with E-state index in [2.05, 4.69) is 0 Å². The van der Waals surface area contributed by atoms with Gasteiger partial charge in [-0.05, 0) is 48.2 Å². The molecule has 130 valence electrons. The summed E-state index contributed by atoms with van der Waals surface area (Å²) < 4.78 is 64.3. The molecule has 4 N–H and O–H groups in total. The van der Waals surface area contributed by atoms with Crippen LogP contribution in [-0.2, 0) is 20.2 Å². The molecular weight excluding hydrogens is 360 g/mol. The van der Waals surface area contributed by atoms with Crippen LogP contribution in [0, 0.1) is 13.8 Å². The number of hydrogen-bond acceptors (Lipinski definition) is 6. The van der Waals surface area contributed by atoms with Crippen LogP contribution < -0.4 is 0 Å². The van der Waals surface area contributed by atoms with E-state index in [1.807, 2.05) is 0 Å². The first kappa shape index (κ1) is 18.2. The first-order valence-corrected chi connectivity index (χ1v) is 9.34. The summed E-state index contributed by atoms with van der Waals surface area (Å²) in [7, 11) is -9.44. The van der Waals surface area contributed by atoms with E-state index in [1.165, 1.54) is 26.0 Å². The number of hydrogen-bond donors (Lipinski definition) is 4. The van der Waals surface area contributed by atoms with Crippen molar-refractivity contribution in [3.05, 3.63) is 35.4 Å². The lowest BCUT2D eigenvalue weighted by Gasteiger charge is -2.15. The van der Waals surface area contributed by atoms with E-state index < -0.39 is 41.5 Å². The highest BCUT2D eigenvalue weighted by atomic mass is 32.2. The fourth-order valence-corrected chi connectivity index (χ4v) is 4.25. The lowest BCUT2D eigenvalue weighted by molar-refractivity contribution is 0.439. The minimum Gasteiger partial charge on any atom is -0.506 e.